The first-order valence-electron chi connectivity index (χ1n) is 19.8. The Bertz CT molecular complexity index is 3250. The molecule has 2 nitrogen and oxygen atoms in total. The third-order valence-corrected chi connectivity index (χ3v) is 11.5. The van der Waals surface area contributed by atoms with Crippen LogP contribution in [0.1, 0.15) is 0 Å². The molecule has 0 N–H and O–H groups in total. The van der Waals surface area contributed by atoms with Crippen molar-refractivity contribution in [1.29, 1.82) is 0 Å². The molecule has 10 aromatic carbocycles. The third kappa shape index (κ3) is 5.91. The van der Waals surface area contributed by atoms with Crippen molar-refractivity contribution in [2.45, 2.75) is 0 Å². The van der Waals surface area contributed by atoms with Crippen LogP contribution in [0.2, 0.25) is 0 Å². The molecular formula is C56H37NO. The number of benzene rings is 10. The van der Waals surface area contributed by atoms with E-state index in [4.69, 9.17) is 4.42 Å². The highest BCUT2D eigenvalue weighted by Gasteiger charge is 2.16. The van der Waals surface area contributed by atoms with E-state index >= 15 is 0 Å². The van der Waals surface area contributed by atoms with Crippen LogP contribution in [0.5, 0.6) is 0 Å². The van der Waals surface area contributed by atoms with Gasteiger partial charge in [0.15, 0.2) is 0 Å². The molecule has 0 atom stereocenters. The minimum Gasteiger partial charge on any atom is -0.456 e. The Hall–Kier alpha value is -7.68. The zero-order chi connectivity index (χ0) is 38.4. The molecule has 0 saturated carbocycles. The van der Waals surface area contributed by atoms with E-state index in [2.05, 4.69) is 217 Å². The van der Waals surface area contributed by atoms with Gasteiger partial charge in [-0.3, -0.25) is 0 Å². The molecule has 272 valence electrons. The summed E-state index contributed by atoms with van der Waals surface area (Å²) < 4.78 is 6.24. The third-order valence-electron chi connectivity index (χ3n) is 11.5. The van der Waals surface area contributed by atoms with Crippen LogP contribution in [0.15, 0.2) is 229 Å². The highest BCUT2D eigenvalue weighted by atomic mass is 16.3. The first kappa shape index (κ1) is 33.6. The summed E-state index contributed by atoms with van der Waals surface area (Å²) in [6.07, 6.45) is 0. The summed E-state index contributed by atoms with van der Waals surface area (Å²) in [4.78, 5) is 2.35. The van der Waals surface area contributed by atoms with Crippen molar-refractivity contribution in [1.82, 2.24) is 0 Å². The highest BCUT2D eigenvalue weighted by molar-refractivity contribution is 6.12. The average molecular weight is 740 g/mol. The quantitative estimate of drug-likeness (QED) is 0.151. The summed E-state index contributed by atoms with van der Waals surface area (Å²) in [6, 6.07) is 80.7. The van der Waals surface area contributed by atoms with Crippen LogP contribution >= 0.6 is 0 Å². The Labute approximate surface area is 337 Å². The lowest BCUT2D eigenvalue weighted by atomic mass is 9.94. The molecule has 1 heterocycles. The average Bonchev–Trinajstić information content (AvgIpc) is 3.68. The van der Waals surface area contributed by atoms with Gasteiger partial charge in [-0.25, -0.2) is 0 Å². The second kappa shape index (κ2) is 14.1. The summed E-state index contributed by atoms with van der Waals surface area (Å²) >= 11 is 0. The van der Waals surface area contributed by atoms with Crippen molar-refractivity contribution in [3.63, 3.8) is 0 Å². The van der Waals surface area contributed by atoms with E-state index in [1.54, 1.807) is 0 Å². The lowest BCUT2D eigenvalue weighted by molar-refractivity contribution is 0.669. The minimum atomic E-state index is 0.901. The van der Waals surface area contributed by atoms with Gasteiger partial charge in [-0.1, -0.05) is 170 Å². The molecular weight excluding hydrogens is 703 g/mol. The van der Waals surface area contributed by atoms with Crippen molar-refractivity contribution in [3.05, 3.63) is 224 Å². The highest BCUT2D eigenvalue weighted by Crippen LogP contribution is 2.41. The molecule has 0 spiro atoms. The number of furan rings is 1. The van der Waals surface area contributed by atoms with Crippen LogP contribution in [0.3, 0.4) is 0 Å². The molecule has 58 heavy (non-hydrogen) atoms. The molecule has 0 aliphatic rings. The zero-order valence-corrected chi connectivity index (χ0v) is 31.7. The largest absolute Gasteiger partial charge is 0.456 e. The summed E-state index contributed by atoms with van der Waals surface area (Å²) in [5.74, 6) is 0. The van der Waals surface area contributed by atoms with Gasteiger partial charge in [0.1, 0.15) is 11.2 Å². The second-order valence-electron chi connectivity index (χ2n) is 14.9. The molecule has 11 rings (SSSR count). The van der Waals surface area contributed by atoms with Crippen molar-refractivity contribution < 1.29 is 4.42 Å². The van der Waals surface area contributed by atoms with Gasteiger partial charge in [-0.2, -0.15) is 0 Å². The maximum Gasteiger partial charge on any atom is 0.136 e. The molecule has 0 fully saturated rings. The van der Waals surface area contributed by atoms with Gasteiger partial charge in [0.25, 0.3) is 0 Å². The Morgan fingerprint density at radius 2 is 0.741 bits per heavy atom. The van der Waals surface area contributed by atoms with E-state index < -0.39 is 0 Å². The lowest BCUT2D eigenvalue weighted by Gasteiger charge is -2.26. The van der Waals surface area contributed by atoms with E-state index in [0.29, 0.717) is 0 Å². The molecule has 11 aromatic rings. The Morgan fingerprint density at radius 3 is 1.45 bits per heavy atom. The number of para-hydroxylation sites is 1. The molecule has 0 amide bonds. The van der Waals surface area contributed by atoms with Crippen molar-refractivity contribution >= 4 is 60.5 Å². The summed E-state index contributed by atoms with van der Waals surface area (Å²) in [7, 11) is 0. The van der Waals surface area contributed by atoms with E-state index in [0.717, 1.165) is 50.1 Å². The van der Waals surface area contributed by atoms with Crippen LogP contribution in [-0.2, 0) is 0 Å². The van der Waals surface area contributed by atoms with Crippen molar-refractivity contribution in [2.24, 2.45) is 0 Å². The molecule has 0 aliphatic carbocycles. The predicted octanol–water partition coefficient (Wildman–Crippen LogP) is 16.0. The first-order valence-corrected chi connectivity index (χ1v) is 19.8. The molecule has 0 radical (unpaired) electrons. The summed E-state index contributed by atoms with van der Waals surface area (Å²) in [6.45, 7) is 0. The first-order chi connectivity index (χ1) is 28.7. The number of rotatable bonds is 7. The Kier molecular flexibility index (Phi) is 8.19. The SMILES string of the molecule is c1ccc(-c2ccccc2-c2ccc(N(c3ccc(-c4ccc5c(c4)oc4ccccc45)cc3)c3ccc(-c4cccc5c4ccc4ccccc45)cc3)cc2)cc1. The fourth-order valence-corrected chi connectivity index (χ4v) is 8.63. The number of anilines is 3. The Balaban J connectivity index is 0.983. The van der Waals surface area contributed by atoms with Gasteiger partial charge in [0, 0.05) is 27.8 Å². The van der Waals surface area contributed by atoms with Gasteiger partial charge in [-0.15, -0.1) is 0 Å². The van der Waals surface area contributed by atoms with Gasteiger partial charge in [-0.05, 0) is 121 Å². The molecule has 0 unspecified atom stereocenters. The van der Waals surface area contributed by atoms with Gasteiger partial charge < -0.3 is 9.32 Å². The fourth-order valence-electron chi connectivity index (χ4n) is 8.63. The van der Waals surface area contributed by atoms with Crippen LogP contribution in [0, 0.1) is 0 Å². The summed E-state index contributed by atoms with van der Waals surface area (Å²) in [5, 5.41) is 7.35. The topological polar surface area (TPSA) is 16.4 Å². The van der Waals surface area contributed by atoms with Gasteiger partial charge in [0.05, 0.1) is 0 Å². The van der Waals surface area contributed by atoms with Crippen LogP contribution in [0.4, 0.5) is 17.1 Å². The zero-order valence-electron chi connectivity index (χ0n) is 31.7. The van der Waals surface area contributed by atoms with Gasteiger partial charge >= 0.3 is 0 Å². The molecule has 0 saturated heterocycles. The molecule has 1 aromatic heterocycles. The number of hydrogen-bond donors (Lipinski definition) is 0. The maximum atomic E-state index is 6.24. The standard InChI is InChI=1S/C56H37NO/c1-2-11-39(12-3-1)47-14-6-7-15-48(47)41-23-31-45(32-24-41)57(44-29-21-38(22-30-44)43-28-36-54-53-17-8-9-20-55(53)58-56(54)37-43)46-33-25-42(26-34-46)50-18-10-19-51-49-16-5-4-13-40(49)27-35-52(50)51/h1-37H. The van der Waals surface area contributed by atoms with E-state index in [1.165, 1.54) is 54.9 Å². The number of nitrogens with zero attached hydrogens (tertiary/aromatic N) is 1. The monoisotopic (exact) mass is 739 g/mol. The molecule has 2 heteroatoms. The lowest BCUT2D eigenvalue weighted by Crippen LogP contribution is -2.09. The van der Waals surface area contributed by atoms with Crippen LogP contribution < -0.4 is 4.90 Å². The number of fused-ring (bicyclic) bond motifs is 6. The molecule has 0 bridgehead atoms. The second-order valence-corrected chi connectivity index (χ2v) is 14.9. The van der Waals surface area contributed by atoms with Crippen molar-refractivity contribution in [2.75, 3.05) is 4.90 Å². The fraction of sp³-hybridized carbons (Fsp3) is 0. The predicted molar refractivity (Wildman–Crippen MR) is 245 cm³/mol. The van der Waals surface area contributed by atoms with Crippen LogP contribution in [-0.4, -0.2) is 0 Å². The maximum absolute atomic E-state index is 6.24. The normalized spacial score (nSPS) is 11.4. The minimum absolute atomic E-state index is 0.901. The molecule has 0 aliphatic heterocycles. The smallest absolute Gasteiger partial charge is 0.136 e. The van der Waals surface area contributed by atoms with Gasteiger partial charge in [0.2, 0.25) is 0 Å². The van der Waals surface area contributed by atoms with Crippen molar-refractivity contribution in [3.8, 4) is 44.5 Å². The van der Waals surface area contributed by atoms with E-state index in [9.17, 15) is 0 Å². The van der Waals surface area contributed by atoms with E-state index in [-0.39, 0.29) is 0 Å². The summed E-state index contributed by atoms with van der Waals surface area (Å²) in [5.41, 5.74) is 14.6. The Morgan fingerprint density at radius 1 is 0.259 bits per heavy atom. The van der Waals surface area contributed by atoms with E-state index in [1.807, 2.05) is 12.1 Å². The number of hydrogen-bond acceptors (Lipinski definition) is 2. The van der Waals surface area contributed by atoms with Crippen LogP contribution in [0.25, 0.3) is 88.0 Å².